The van der Waals surface area contributed by atoms with Gasteiger partial charge in [0.2, 0.25) is 5.91 Å². The molecule has 1 aliphatic rings. The molecule has 6 nitrogen and oxygen atoms in total. The monoisotopic (exact) mass is 388 g/mol. The Morgan fingerprint density at radius 2 is 2.04 bits per heavy atom. The Morgan fingerprint density at radius 1 is 1.23 bits per heavy atom. The lowest BCUT2D eigenvalue weighted by molar-refractivity contribution is -0.120. The Kier molecular flexibility index (Phi) is 4.18. The zero-order valence-electron chi connectivity index (χ0n) is 13.6. The van der Waals surface area contributed by atoms with E-state index in [-0.39, 0.29) is 10.6 Å². The van der Waals surface area contributed by atoms with E-state index >= 15 is 0 Å². The fourth-order valence-electron chi connectivity index (χ4n) is 3.17. The Morgan fingerprint density at radius 3 is 2.85 bits per heavy atom. The molecule has 0 aliphatic carbocycles. The van der Waals surface area contributed by atoms with Crippen molar-refractivity contribution >= 4 is 37.4 Å². The van der Waals surface area contributed by atoms with Gasteiger partial charge in [0.1, 0.15) is 16.7 Å². The third-order valence-electron chi connectivity index (χ3n) is 4.37. The van der Waals surface area contributed by atoms with Gasteiger partial charge in [-0.2, -0.15) is 8.42 Å². The Balaban J connectivity index is 1.68. The zero-order chi connectivity index (χ0) is 18.3. The number of benzene rings is 2. The van der Waals surface area contributed by atoms with E-state index in [1.807, 2.05) is 12.1 Å². The second-order valence-corrected chi connectivity index (χ2v) is 8.46. The minimum Gasteiger partial charge on any atom is -0.379 e. The SMILES string of the molecule is NC(=O)C1NCCc2cc(OS(=O)(=O)c3csc4ccccc34)ccc21. The predicted octanol–water partition coefficient (Wildman–Crippen LogP) is 2.34. The lowest BCUT2D eigenvalue weighted by Crippen LogP contribution is -2.38. The molecule has 1 atom stereocenters. The number of carbonyl (C=O) groups is 1. The minimum absolute atomic E-state index is 0.160. The van der Waals surface area contributed by atoms with Crippen LogP contribution in [-0.2, 0) is 21.3 Å². The molecule has 2 aromatic carbocycles. The van der Waals surface area contributed by atoms with Crippen LogP contribution in [0.3, 0.4) is 0 Å². The summed E-state index contributed by atoms with van der Waals surface area (Å²) >= 11 is 1.36. The summed E-state index contributed by atoms with van der Waals surface area (Å²) in [6.07, 6.45) is 0.664. The highest BCUT2D eigenvalue weighted by Crippen LogP contribution is 2.32. The number of primary amides is 1. The van der Waals surface area contributed by atoms with Gasteiger partial charge in [-0.15, -0.1) is 11.3 Å². The number of nitrogens with one attached hydrogen (secondary N) is 1. The van der Waals surface area contributed by atoms with E-state index in [9.17, 15) is 13.2 Å². The first-order chi connectivity index (χ1) is 12.5. The van der Waals surface area contributed by atoms with Gasteiger partial charge in [0.15, 0.2) is 0 Å². The third kappa shape index (κ3) is 2.96. The maximum Gasteiger partial charge on any atom is 0.340 e. The average Bonchev–Trinajstić information content (AvgIpc) is 3.05. The first-order valence-electron chi connectivity index (χ1n) is 8.02. The molecule has 1 aliphatic heterocycles. The van der Waals surface area contributed by atoms with Crippen molar-refractivity contribution in [1.82, 2.24) is 5.32 Å². The van der Waals surface area contributed by atoms with Crippen LogP contribution >= 0.6 is 11.3 Å². The number of rotatable bonds is 4. The van der Waals surface area contributed by atoms with Gasteiger partial charge in [0.05, 0.1) is 0 Å². The number of nitrogens with two attached hydrogens (primary N) is 1. The number of thiophene rings is 1. The predicted molar refractivity (Wildman–Crippen MR) is 99.7 cm³/mol. The summed E-state index contributed by atoms with van der Waals surface area (Å²) in [4.78, 5) is 11.7. The standard InChI is InChI=1S/C18H16N2O4S2/c19-18(21)17-13-6-5-12(9-11(13)7-8-20-17)24-26(22,23)16-10-25-15-4-2-1-3-14(15)16/h1-6,9-10,17,20H,7-8H2,(H2,19,21). The molecule has 8 heteroatoms. The molecule has 3 aromatic rings. The second kappa shape index (κ2) is 6.39. The van der Waals surface area contributed by atoms with E-state index in [4.69, 9.17) is 9.92 Å². The highest BCUT2D eigenvalue weighted by atomic mass is 32.2. The van der Waals surface area contributed by atoms with E-state index < -0.39 is 22.1 Å². The minimum atomic E-state index is -3.95. The fraction of sp³-hybridized carbons (Fsp3) is 0.167. The third-order valence-corrected chi connectivity index (χ3v) is 6.77. The van der Waals surface area contributed by atoms with Gasteiger partial charge < -0.3 is 15.2 Å². The van der Waals surface area contributed by atoms with Gasteiger partial charge in [-0.25, -0.2) is 0 Å². The number of hydrogen-bond donors (Lipinski definition) is 2. The molecule has 0 saturated heterocycles. The average molecular weight is 388 g/mol. The number of fused-ring (bicyclic) bond motifs is 2. The van der Waals surface area contributed by atoms with Crippen LogP contribution in [0.2, 0.25) is 0 Å². The van der Waals surface area contributed by atoms with Gasteiger partial charge in [-0.05, 0) is 35.7 Å². The van der Waals surface area contributed by atoms with Gasteiger partial charge in [0.25, 0.3) is 0 Å². The summed E-state index contributed by atoms with van der Waals surface area (Å²) in [5, 5.41) is 5.29. The highest BCUT2D eigenvalue weighted by molar-refractivity contribution is 7.87. The molecule has 0 bridgehead atoms. The first kappa shape index (κ1) is 17.0. The lowest BCUT2D eigenvalue weighted by Gasteiger charge is -2.24. The quantitative estimate of drug-likeness (QED) is 0.669. The van der Waals surface area contributed by atoms with E-state index in [1.165, 1.54) is 11.3 Å². The summed E-state index contributed by atoms with van der Waals surface area (Å²) in [7, 11) is -3.95. The molecular formula is C18H16N2O4S2. The van der Waals surface area contributed by atoms with Crippen LogP contribution in [0.5, 0.6) is 5.75 Å². The molecule has 0 spiro atoms. The Labute approximate surface area is 154 Å². The van der Waals surface area contributed by atoms with Crippen LogP contribution in [0.4, 0.5) is 0 Å². The molecule has 3 N–H and O–H groups in total. The maximum atomic E-state index is 12.7. The van der Waals surface area contributed by atoms with E-state index in [1.54, 1.807) is 35.7 Å². The van der Waals surface area contributed by atoms with Gasteiger partial charge in [0, 0.05) is 22.0 Å². The van der Waals surface area contributed by atoms with Gasteiger partial charge in [-0.1, -0.05) is 24.3 Å². The van der Waals surface area contributed by atoms with Crippen LogP contribution in [0, 0.1) is 0 Å². The summed E-state index contributed by atoms with van der Waals surface area (Å²) in [6.45, 7) is 0.589. The van der Waals surface area contributed by atoms with Crippen molar-refractivity contribution in [3.8, 4) is 5.75 Å². The molecule has 1 aromatic heterocycles. The Hall–Kier alpha value is -2.42. The summed E-state index contributed by atoms with van der Waals surface area (Å²) in [5.41, 5.74) is 7.03. The van der Waals surface area contributed by atoms with Crippen molar-refractivity contribution in [2.75, 3.05) is 6.54 Å². The first-order valence-corrected chi connectivity index (χ1v) is 10.3. The van der Waals surface area contributed by atoms with Crippen molar-refractivity contribution in [1.29, 1.82) is 0 Å². The molecule has 0 saturated carbocycles. The van der Waals surface area contributed by atoms with E-state index in [0.29, 0.717) is 18.4 Å². The Bertz CT molecular complexity index is 1110. The van der Waals surface area contributed by atoms with Crippen LogP contribution in [0.1, 0.15) is 17.2 Å². The number of amides is 1. The molecule has 0 radical (unpaired) electrons. The number of carbonyl (C=O) groups excluding carboxylic acids is 1. The molecule has 1 amide bonds. The van der Waals surface area contributed by atoms with Crippen LogP contribution in [0.25, 0.3) is 10.1 Å². The van der Waals surface area contributed by atoms with Crippen molar-refractivity contribution in [2.24, 2.45) is 5.73 Å². The maximum absolute atomic E-state index is 12.7. The molecule has 4 rings (SSSR count). The van der Waals surface area contributed by atoms with Crippen LogP contribution in [-0.4, -0.2) is 20.9 Å². The van der Waals surface area contributed by atoms with Crippen molar-refractivity contribution in [3.05, 3.63) is 59.0 Å². The van der Waals surface area contributed by atoms with E-state index in [0.717, 1.165) is 15.8 Å². The van der Waals surface area contributed by atoms with Crippen LogP contribution < -0.4 is 15.2 Å². The largest absolute Gasteiger partial charge is 0.379 e. The molecule has 1 unspecified atom stereocenters. The van der Waals surface area contributed by atoms with Gasteiger partial charge >= 0.3 is 10.1 Å². The highest BCUT2D eigenvalue weighted by Gasteiger charge is 2.26. The molecule has 26 heavy (non-hydrogen) atoms. The molecule has 2 heterocycles. The zero-order valence-corrected chi connectivity index (χ0v) is 15.3. The topological polar surface area (TPSA) is 98.5 Å². The summed E-state index contributed by atoms with van der Waals surface area (Å²) in [5.74, 6) is -0.235. The molecule has 134 valence electrons. The fourth-order valence-corrected chi connectivity index (χ4v) is 5.56. The van der Waals surface area contributed by atoms with Crippen molar-refractivity contribution < 1.29 is 17.4 Å². The smallest absolute Gasteiger partial charge is 0.340 e. The summed E-state index contributed by atoms with van der Waals surface area (Å²) < 4.78 is 31.7. The van der Waals surface area contributed by atoms with Crippen molar-refractivity contribution in [3.63, 3.8) is 0 Å². The number of hydrogen-bond acceptors (Lipinski definition) is 6. The van der Waals surface area contributed by atoms with Crippen molar-refractivity contribution in [2.45, 2.75) is 17.4 Å². The lowest BCUT2D eigenvalue weighted by atomic mass is 9.94. The second-order valence-electron chi connectivity index (χ2n) is 6.03. The summed E-state index contributed by atoms with van der Waals surface area (Å²) in [6, 6.07) is 11.6. The van der Waals surface area contributed by atoms with Crippen LogP contribution in [0.15, 0.2) is 52.7 Å². The van der Waals surface area contributed by atoms with E-state index in [2.05, 4.69) is 5.32 Å². The normalized spacial score (nSPS) is 17.0. The molecule has 0 fully saturated rings. The van der Waals surface area contributed by atoms with Gasteiger partial charge in [-0.3, -0.25) is 4.79 Å². The molecular weight excluding hydrogens is 372 g/mol.